The molecule has 2 aliphatic rings. The van der Waals surface area contributed by atoms with Gasteiger partial charge in [-0.2, -0.15) is 0 Å². The van der Waals surface area contributed by atoms with Crippen LogP contribution in [0.4, 0.5) is 0 Å². The molecule has 1 amide bonds. The van der Waals surface area contributed by atoms with Crippen LogP contribution >= 0.6 is 0 Å². The summed E-state index contributed by atoms with van der Waals surface area (Å²) in [5.74, 6) is 1.02. The van der Waals surface area contributed by atoms with Crippen LogP contribution in [-0.4, -0.2) is 30.1 Å². The first-order valence-corrected chi connectivity index (χ1v) is 8.73. The van der Waals surface area contributed by atoms with Gasteiger partial charge in [0.05, 0.1) is 6.61 Å². The average Bonchev–Trinajstić information content (AvgIpc) is 3.31. The summed E-state index contributed by atoms with van der Waals surface area (Å²) in [5, 5.41) is 3.00. The Labute approximate surface area is 147 Å². The minimum Gasteiger partial charge on any atom is -0.493 e. The fourth-order valence-corrected chi connectivity index (χ4v) is 3.37. The van der Waals surface area contributed by atoms with Crippen molar-refractivity contribution < 1.29 is 9.53 Å². The van der Waals surface area contributed by atoms with Gasteiger partial charge in [-0.05, 0) is 47.7 Å². The van der Waals surface area contributed by atoms with E-state index in [9.17, 15) is 4.79 Å². The maximum absolute atomic E-state index is 12.4. The number of carbonyl (C=O) groups excluding carboxylic acids is 1. The lowest BCUT2D eigenvalue weighted by Crippen LogP contribution is -2.43. The van der Waals surface area contributed by atoms with Crippen molar-refractivity contribution in [2.45, 2.75) is 31.3 Å². The van der Waals surface area contributed by atoms with E-state index in [1.165, 1.54) is 16.7 Å². The van der Waals surface area contributed by atoms with E-state index in [0.29, 0.717) is 6.54 Å². The minimum atomic E-state index is -0.216. The number of benzene rings is 1. The summed E-state index contributed by atoms with van der Waals surface area (Å²) < 4.78 is 5.55. The van der Waals surface area contributed by atoms with Crippen LogP contribution in [0.5, 0.6) is 5.75 Å². The van der Waals surface area contributed by atoms with Gasteiger partial charge in [0.1, 0.15) is 11.8 Å². The van der Waals surface area contributed by atoms with Crippen molar-refractivity contribution in [1.29, 1.82) is 0 Å². The molecule has 0 bridgehead atoms. The monoisotopic (exact) mass is 338 g/mol. The summed E-state index contributed by atoms with van der Waals surface area (Å²) in [5.41, 5.74) is 9.99. The molecule has 4 rings (SSSR count). The molecule has 3 heterocycles. The number of nitrogens with one attached hydrogen (secondary N) is 3. The van der Waals surface area contributed by atoms with Gasteiger partial charge in [-0.1, -0.05) is 12.1 Å². The van der Waals surface area contributed by atoms with Crippen molar-refractivity contribution in [2.75, 3.05) is 13.2 Å². The zero-order chi connectivity index (χ0) is 17.1. The molecule has 130 valence electrons. The molecule has 1 saturated heterocycles. The first-order chi connectivity index (χ1) is 12.3. The number of amides is 1. The zero-order valence-electron chi connectivity index (χ0n) is 14.0. The third-order valence-electron chi connectivity index (χ3n) is 4.80. The second-order valence-electron chi connectivity index (χ2n) is 6.49. The number of hydrogen-bond acceptors (Lipinski definition) is 5. The molecule has 0 saturated carbocycles. The molecular formula is C19H22N4O2. The maximum atomic E-state index is 12.4. The van der Waals surface area contributed by atoms with Crippen LogP contribution in [0.15, 0.2) is 42.7 Å². The highest BCUT2D eigenvalue weighted by Crippen LogP contribution is 2.30. The van der Waals surface area contributed by atoms with E-state index >= 15 is 0 Å². The van der Waals surface area contributed by atoms with Gasteiger partial charge in [0, 0.05) is 31.4 Å². The predicted molar refractivity (Wildman–Crippen MR) is 94.0 cm³/mol. The molecule has 2 unspecified atom stereocenters. The van der Waals surface area contributed by atoms with Gasteiger partial charge in [0.25, 0.3) is 0 Å². The molecule has 0 radical (unpaired) electrons. The van der Waals surface area contributed by atoms with Crippen molar-refractivity contribution in [2.24, 2.45) is 0 Å². The van der Waals surface area contributed by atoms with E-state index in [1.807, 2.05) is 18.2 Å². The summed E-state index contributed by atoms with van der Waals surface area (Å²) in [7, 11) is 0. The van der Waals surface area contributed by atoms with Crippen molar-refractivity contribution >= 4 is 5.91 Å². The summed E-state index contributed by atoms with van der Waals surface area (Å²) in [6.45, 7) is 1.39. The van der Waals surface area contributed by atoms with Crippen LogP contribution < -0.4 is 20.9 Å². The number of ether oxygens (including phenoxy) is 1. The summed E-state index contributed by atoms with van der Waals surface area (Å²) in [4.78, 5) is 16.4. The molecular weight excluding hydrogens is 316 g/mol. The molecule has 25 heavy (non-hydrogen) atoms. The Morgan fingerprint density at radius 1 is 1.24 bits per heavy atom. The van der Waals surface area contributed by atoms with Crippen molar-refractivity contribution in [1.82, 2.24) is 21.2 Å². The summed E-state index contributed by atoms with van der Waals surface area (Å²) in [6.07, 6.45) is 6.04. The van der Waals surface area contributed by atoms with Crippen molar-refractivity contribution in [3.05, 3.63) is 59.4 Å². The quantitative estimate of drug-likeness (QED) is 0.766. The van der Waals surface area contributed by atoms with Gasteiger partial charge < -0.3 is 10.1 Å². The van der Waals surface area contributed by atoms with Gasteiger partial charge in [-0.25, -0.2) is 10.9 Å². The lowest BCUT2D eigenvalue weighted by Gasteiger charge is -2.11. The van der Waals surface area contributed by atoms with E-state index in [4.69, 9.17) is 4.74 Å². The largest absolute Gasteiger partial charge is 0.493 e. The molecule has 1 aromatic heterocycles. The SMILES string of the molecule is O=C(NCCc1ccncc1)C1CC(c2ccc3c(c2)CCO3)NN1. The van der Waals surface area contributed by atoms with E-state index in [-0.39, 0.29) is 18.0 Å². The van der Waals surface area contributed by atoms with E-state index in [0.717, 1.165) is 31.6 Å². The molecule has 0 aliphatic carbocycles. The second kappa shape index (κ2) is 7.21. The Hall–Kier alpha value is -2.44. The average molecular weight is 338 g/mol. The van der Waals surface area contributed by atoms with Crippen LogP contribution in [0.25, 0.3) is 0 Å². The third kappa shape index (κ3) is 3.65. The Kier molecular flexibility index (Phi) is 4.63. The second-order valence-corrected chi connectivity index (χ2v) is 6.49. The molecule has 1 fully saturated rings. The highest BCUT2D eigenvalue weighted by molar-refractivity contribution is 5.82. The summed E-state index contributed by atoms with van der Waals surface area (Å²) in [6, 6.07) is 10.2. The Bertz CT molecular complexity index is 750. The maximum Gasteiger partial charge on any atom is 0.238 e. The van der Waals surface area contributed by atoms with Crippen molar-refractivity contribution in [3.63, 3.8) is 0 Å². The lowest BCUT2D eigenvalue weighted by molar-refractivity contribution is -0.122. The van der Waals surface area contributed by atoms with Gasteiger partial charge in [0.2, 0.25) is 5.91 Å². The highest BCUT2D eigenvalue weighted by atomic mass is 16.5. The number of fused-ring (bicyclic) bond motifs is 1. The summed E-state index contributed by atoms with van der Waals surface area (Å²) >= 11 is 0. The first kappa shape index (κ1) is 16.1. The molecule has 2 atom stereocenters. The molecule has 0 spiro atoms. The highest BCUT2D eigenvalue weighted by Gasteiger charge is 2.30. The zero-order valence-corrected chi connectivity index (χ0v) is 14.0. The smallest absolute Gasteiger partial charge is 0.238 e. The van der Waals surface area contributed by atoms with Crippen LogP contribution in [-0.2, 0) is 17.6 Å². The lowest BCUT2D eigenvalue weighted by atomic mass is 9.99. The molecule has 2 aliphatic heterocycles. The Morgan fingerprint density at radius 3 is 3.00 bits per heavy atom. The standard InChI is InChI=1S/C19H22N4O2/c24-19(21-9-5-13-3-7-20-8-4-13)17-12-16(22-23-17)14-1-2-18-15(11-14)6-10-25-18/h1-4,7-8,11,16-17,22-23H,5-6,9-10,12H2,(H,21,24). The fraction of sp³-hybridized carbons (Fsp3) is 0.368. The molecule has 6 nitrogen and oxygen atoms in total. The Balaban J connectivity index is 1.29. The fourth-order valence-electron chi connectivity index (χ4n) is 3.37. The first-order valence-electron chi connectivity index (χ1n) is 8.73. The van der Waals surface area contributed by atoms with Gasteiger partial charge >= 0.3 is 0 Å². The van der Waals surface area contributed by atoms with Crippen LogP contribution in [0.2, 0.25) is 0 Å². The number of hydrazine groups is 1. The number of nitrogens with zero attached hydrogens (tertiary/aromatic N) is 1. The Morgan fingerprint density at radius 2 is 2.12 bits per heavy atom. The number of rotatable bonds is 5. The minimum absolute atomic E-state index is 0.0357. The van der Waals surface area contributed by atoms with Gasteiger partial charge in [-0.15, -0.1) is 0 Å². The van der Waals surface area contributed by atoms with Crippen LogP contribution in [0, 0.1) is 0 Å². The topological polar surface area (TPSA) is 75.3 Å². The van der Waals surface area contributed by atoms with Gasteiger partial charge in [-0.3, -0.25) is 9.78 Å². The van der Waals surface area contributed by atoms with E-state index in [1.54, 1.807) is 12.4 Å². The third-order valence-corrected chi connectivity index (χ3v) is 4.80. The van der Waals surface area contributed by atoms with Crippen LogP contribution in [0.3, 0.4) is 0 Å². The van der Waals surface area contributed by atoms with E-state index < -0.39 is 0 Å². The van der Waals surface area contributed by atoms with E-state index in [2.05, 4.69) is 33.3 Å². The number of aromatic nitrogens is 1. The number of carbonyl (C=O) groups is 1. The predicted octanol–water partition coefficient (Wildman–Crippen LogP) is 1.28. The molecule has 1 aromatic carbocycles. The molecule has 3 N–H and O–H groups in total. The normalized spacial score (nSPS) is 21.6. The number of pyridine rings is 1. The molecule has 6 heteroatoms. The van der Waals surface area contributed by atoms with Gasteiger partial charge in [0.15, 0.2) is 0 Å². The van der Waals surface area contributed by atoms with Crippen molar-refractivity contribution in [3.8, 4) is 5.75 Å². The van der Waals surface area contributed by atoms with Crippen LogP contribution in [0.1, 0.15) is 29.2 Å². The molecule has 2 aromatic rings. The number of hydrogen-bond donors (Lipinski definition) is 3.